The SMILES string of the molecule is O=C(c1ccccc1)c1ccc2c(c1)sc(=S)n2CN1CCOCC1. The molecule has 4 nitrogen and oxygen atoms in total. The van der Waals surface area contributed by atoms with Crippen molar-refractivity contribution in [2.24, 2.45) is 0 Å². The molecule has 0 unspecified atom stereocenters. The van der Waals surface area contributed by atoms with Crippen LogP contribution in [0.15, 0.2) is 48.5 Å². The van der Waals surface area contributed by atoms with Crippen molar-refractivity contribution in [3.05, 3.63) is 63.6 Å². The molecule has 0 N–H and O–H groups in total. The first-order valence-electron chi connectivity index (χ1n) is 8.25. The molecule has 4 rings (SSSR count). The number of nitrogens with zero attached hydrogens (tertiary/aromatic N) is 2. The average Bonchev–Trinajstić information content (AvgIpc) is 2.97. The van der Waals surface area contributed by atoms with E-state index < -0.39 is 0 Å². The summed E-state index contributed by atoms with van der Waals surface area (Å²) in [5.74, 6) is 0.0431. The zero-order valence-electron chi connectivity index (χ0n) is 13.7. The van der Waals surface area contributed by atoms with Gasteiger partial charge in [0, 0.05) is 24.2 Å². The molecule has 0 amide bonds. The number of rotatable bonds is 4. The summed E-state index contributed by atoms with van der Waals surface area (Å²) in [6.07, 6.45) is 0. The molecule has 0 radical (unpaired) electrons. The zero-order chi connectivity index (χ0) is 17.2. The Morgan fingerprint density at radius 1 is 1.08 bits per heavy atom. The summed E-state index contributed by atoms with van der Waals surface area (Å²) in [4.78, 5) is 15.0. The van der Waals surface area contributed by atoms with Crippen molar-refractivity contribution >= 4 is 39.6 Å². The largest absolute Gasteiger partial charge is 0.379 e. The maximum absolute atomic E-state index is 12.6. The summed E-state index contributed by atoms with van der Waals surface area (Å²) in [5.41, 5.74) is 2.50. The van der Waals surface area contributed by atoms with E-state index in [0.717, 1.165) is 47.1 Å². The Bertz CT molecular complexity index is 956. The van der Waals surface area contributed by atoms with Crippen LogP contribution in [0.25, 0.3) is 10.2 Å². The third-order valence-electron chi connectivity index (χ3n) is 4.41. The lowest BCUT2D eigenvalue weighted by Gasteiger charge is -2.27. The number of benzene rings is 2. The van der Waals surface area contributed by atoms with E-state index >= 15 is 0 Å². The van der Waals surface area contributed by atoms with Gasteiger partial charge in [-0.1, -0.05) is 30.3 Å². The zero-order valence-corrected chi connectivity index (χ0v) is 15.3. The third kappa shape index (κ3) is 3.43. The average molecular weight is 370 g/mol. The maximum atomic E-state index is 12.6. The van der Waals surface area contributed by atoms with E-state index in [1.54, 1.807) is 11.3 Å². The third-order valence-corrected chi connectivity index (χ3v) is 5.82. The highest BCUT2D eigenvalue weighted by Crippen LogP contribution is 2.26. The molecule has 0 bridgehead atoms. The van der Waals surface area contributed by atoms with E-state index in [1.165, 1.54) is 0 Å². The molecule has 0 atom stereocenters. The van der Waals surface area contributed by atoms with E-state index in [-0.39, 0.29) is 5.78 Å². The van der Waals surface area contributed by atoms with Crippen LogP contribution in [0.3, 0.4) is 0 Å². The van der Waals surface area contributed by atoms with Gasteiger partial charge in [0.2, 0.25) is 0 Å². The standard InChI is InChI=1S/C19H18N2O2S2/c22-18(14-4-2-1-3-5-14)15-6-7-16-17(12-15)25-19(24)21(16)13-20-8-10-23-11-9-20/h1-7,12H,8-11,13H2. The Morgan fingerprint density at radius 2 is 1.84 bits per heavy atom. The maximum Gasteiger partial charge on any atom is 0.193 e. The van der Waals surface area contributed by atoms with Gasteiger partial charge < -0.3 is 9.30 Å². The normalized spacial score (nSPS) is 15.5. The highest BCUT2D eigenvalue weighted by atomic mass is 32.1. The number of ketones is 1. The quantitative estimate of drug-likeness (QED) is 0.514. The lowest BCUT2D eigenvalue weighted by atomic mass is 10.0. The summed E-state index contributed by atoms with van der Waals surface area (Å²) < 4.78 is 9.45. The van der Waals surface area contributed by atoms with Gasteiger partial charge in [-0.2, -0.15) is 0 Å². The second-order valence-electron chi connectivity index (χ2n) is 6.05. The van der Waals surface area contributed by atoms with E-state index in [2.05, 4.69) is 9.47 Å². The first-order valence-corrected chi connectivity index (χ1v) is 9.48. The van der Waals surface area contributed by atoms with Gasteiger partial charge in [0.1, 0.15) is 0 Å². The molecule has 1 fully saturated rings. The number of ether oxygens (including phenoxy) is 1. The lowest BCUT2D eigenvalue weighted by Crippen LogP contribution is -2.37. The molecule has 0 aliphatic carbocycles. The van der Waals surface area contributed by atoms with Crippen LogP contribution in [-0.2, 0) is 11.4 Å². The molecule has 0 spiro atoms. The second kappa shape index (κ2) is 7.17. The fraction of sp³-hybridized carbons (Fsp3) is 0.263. The van der Waals surface area contributed by atoms with E-state index in [1.807, 2.05) is 48.5 Å². The van der Waals surface area contributed by atoms with Crippen molar-refractivity contribution in [1.82, 2.24) is 9.47 Å². The number of carbonyl (C=O) groups excluding carboxylic acids is 1. The predicted molar refractivity (Wildman–Crippen MR) is 103 cm³/mol. The van der Waals surface area contributed by atoms with Gasteiger partial charge in [-0.15, -0.1) is 11.3 Å². The Hall–Kier alpha value is -1.86. The van der Waals surface area contributed by atoms with Crippen LogP contribution in [0.1, 0.15) is 15.9 Å². The van der Waals surface area contributed by atoms with Gasteiger partial charge in [0.25, 0.3) is 0 Å². The fourth-order valence-corrected chi connectivity index (χ4v) is 4.39. The number of carbonyl (C=O) groups is 1. The first-order chi connectivity index (χ1) is 12.2. The topological polar surface area (TPSA) is 34.5 Å². The smallest absolute Gasteiger partial charge is 0.193 e. The van der Waals surface area contributed by atoms with E-state index in [0.29, 0.717) is 11.1 Å². The second-order valence-corrected chi connectivity index (χ2v) is 7.72. The Labute approximate surface area is 155 Å². The van der Waals surface area contributed by atoms with Crippen molar-refractivity contribution in [2.75, 3.05) is 26.3 Å². The number of hydrogen-bond acceptors (Lipinski definition) is 5. The minimum atomic E-state index is 0.0431. The van der Waals surface area contributed by atoms with Crippen LogP contribution in [-0.4, -0.2) is 41.6 Å². The molecule has 0 saturated carbocycles. The molecule has 2 heterocycles. The summed E-state index contributed by atoms with van der Waals surface area (Å²) >= 11 is 7.12. The van der Waals surface area contributed by atoms with Gasteiger partial charge in [-0.3, -0.25) is 9.69 Å². The molecule has 3 aromatic rings. The number of hydrogen-bond donors (Lipinski definition) is 0. The van der Waals surface area contributed by atoms with Gasteiger partial charge in [-0.05, 0) is 30.4 Å². The minimum Gasteiger partial charge on any atom is -0.379 e. The van der Waals surface area contributed by atoms with Crippen molar-refractivity contribution in [3.63, 3.8) is 0 Å². The van der Waals surface area contributed by atoms with Crippen LogP contribution >= 0.6 is 23.6 Å². The Balaban J connectivity index is 1.66. The number of fused-ring (bicyclic) bond motifs is 1. The molecule has 128 valence electrons. The van der Waals surface area contributed by atoms with E-state index in [4.69, 9.17) is 17.0 Å². The summed E-state index contributed by atoms with van der Waals surface area (Å²) in [7, 11) is 0. The molecule has 6 heteroatoms. The molecule has 1 aromatic heterocycles. The molecule has 25 heavy (non-hydrogen) atoms. The Morgan fingerprint density at radius 3 is 2.60 bits per heavy atom. The molecule has 1 aliphatic heterocycles. The number of aromatic nitrogens is 1. The van der Waals surface area contributed by atoms with Crippen LogP contribution < -0.4 is 0 Å². The first kappa shape index (κ1) is 16.6. The van der Waals surface area contributed by atoms with Crippen LogP contribution in [0.5, 0.6) is 0 Å². The van der Waals surface area contributed by atoms with E-state index in [9.17, 15) is 4.79 Å². The molecular weight excluding hydrogens is 352 g/mol. The number of thiazole rings is 1. The predicted octanol–water partition coefficient (Wildman–Crippen LogP) is 3.95. The fourth-order valence-electron chi connectivity index (χ4n) is 3.04. The summed E-state index contributed by atoms with van der Waals surface area (Å²) in [6.45, 7) is 4.15. The lowest BCUT2D eigenvalue weighted by molar-refractivity contribution is 0.0241. The summed E-state index contributed by atoms with van der Waals surface area (Å²) in [6, 6.07) is 15.2. The van der Waals surface area contributed by atoms with Crippen LogP contribution in [0, 0.1) is 3.95 Å². The van der Waals surface area contributed by atoms with Crippen molar-refractivity contribution in [2.45, 2.75) is 6.67 Å². The highest BCUT2D eigenvalue weighted by Gasteiger charge is 2.15. The molecular formula is C19H18N2O2S2. The van der Waals surface area contributed by atoms with Gasteiger partial charge in [0.15, 0.2) is 9.74 Å². The number of morpholine rings is 1. The molecule has 1 saturated heterocycles. The van der Waals surface area contributed by atoms with Crippen molar-refractivity contribution in [1.29, 1.82) is 0 Å². The van der Waals surface area contributed by atoms with Gasteiger partial charge >= 0.3 is 0 Å². The monoisotopic (exact) mass is 370 g/mol. The van der Waals surface area contributed by atoms with Crippen molar-refractivity contribution in [3.8, 4) is 0 Å². The van der Waals surface area contributed by atoms with Gasteiger partial charge in [-0.25, -0.2) is 0 Å². The van der Waals surface area contributed by atoms with Gasteiger partial charge in [0.05, 0.1) is 30.1 Å². The molecule has 2 aromatic carbocycles. The summed E-state index contributed by atoms with van der Waals surface area (Å²) in [5, 5.41) is 0. The molecule has 1 aliphatic rings. The van der Waals surface area contributed by atoms with Crippen molar-refractivity contribution < 1.29 is 9.53 Å². The Kier molecular flexibility index (Phi) is 4.76. The van der Waals surface area contributed by atoms with Crippen LogP contribution in [0.4, 0.5) is 0 Å². The highest BCUT2D eigenvalue weighted by molar-refractivity contribution is 7.73. The van der Waals surface area contributed by atoms with Crippen LogP contribution in [0.2, 0.25) is 0 Å². The minimum absolute atomic E-state index is 0.0431.